The van der Waals surface area contributed by atoms with Crippen LogP contribution in [0.5, 0.6) is 0 Å². The first kappa shape index (κ1) is 29.1. The van der Waals surface area contributed by atoms with Crippen molar-refractivity contribution in [3.63, 3.8) is 0 Å². The molecule has 0 saturated heterocycles. The monoisotopic (exact) mass is 484 g/mol. The standard InChI is InChI=1S/C22H33F5N2O4/c1-4-7-8-9-10-11-12-14(22(31,32-5-2)33-6-3)13-28-21(30)29-20-18(26)16(24)15(23)17(25)19(20)27/h14,31H,4-13H2,1-3H3,(H2,28,29,30). The molecule has 0 aliphatic carbocycles. The zero-order chi connectivity index (χ0) is 25.0. The molecule has 0 aliphatic heterocycles. The van der Waals surface area contributed by atoms with Crippen molar-refractivity contribution in [1.82, 2.24) is 5.32 Å². The number of aliphatic hydroxyl groups is 1. The van der Waals surface area contributed by atoms with Crippen LogP contribution in [0.3, 0.4) is 0 Å². The minimum Gasteiger partial charge on any atom is -0.343 e. The third kappa shape index (κ3) is 8.38. The Bertz CT molecular complexity index is 732. The summed E-state index contributed by atoms with van der Waals surface area (Å²) < 4.78 is 78.2. The smallest absolute Gasteiger partial charge is 0.319 e. The Morgan fingerprint density at radius 3 is 1.85 bits per heavy atom. The van der Waals surface area contributed by atoms with Crippen LogP contribution in [0, 0.1) is 35.0 Å². The minimum absolute atomic E-state index is 0.111. The molecule has 3 N–H and O–H groups in total. The molecule has 1 unspecified atom stereocenters. The number of unbranched alkanes of at least 4 members (excludes halogenated alkanes) is 5. The van der Waals surface area contributed by atoms with Gasteiger partial charge in [0, 0.05) is 19.8 Å². The van der Waals surface area contributed by atoms with Crippen molar-refractivity contribution in [1.29, 1.82) is 0 Å². The average Bonchev–Trinajstić information content (AvgIpc) is 2.78. The lowest BCUT2D eigenvalue weighted by molar-refractivity contribution is -0.383. The van der Waals surface area contributed by atoms with Crippen LogP contribution >= 0.6 is 0 Å². The first-order chi connectivity index (χ1) is 15.6. The number of halogens is 5. The number of amides is 2. The highest BCUT2D eigenvalue weighted by Gasteiger charge is 2.39. The van der Waals surface area contributed by atoms with Gasteiger partial charge >= 0.3 is 6.03 Å². The summed E-state index contributed by atoms with van der Waals surface area (Å²) in [5.74, 6) is -13.8. The van der Waals surface area contributed by atoms with Crippen LogP contribution in [-0.4, -0.2) is 36.9 Å². The molecule has 0 aromatic heterocycles. The fourth-order valence-electron chi connectivity index (χ4n) is 3.36. The van der Waals surface area contributed by atoms with Gasteiger partial charge in [-0.3, -0.25) is 0 Å². The summed E-state index contributed by atoms with van der Waals surface area (Å²) in [6.07, 6.45) is 6.25. The Morgan fingerprint density at radius 1 is 0.848 bits per heavy atom. The average molecular weight is 485 g/mol. The molecular weight excluding hydrogens is 451 g/mol. The summed E-state index contributed by atoms with van der Waals surface area (Å²) in [7, 11) is 0. The Hall–Kier alpha value is -1.98. The number of carbonyl (C=O) groups excluding carboxylic acids is 1. The molecule has 0 aliphatic rings. The fourth-order valence-corrected chi connectivity index (χ4v) is 3.36. The predicted octanol–water partition coefficient (Wildman–Crippen LogP) is 5.59. The van der Waals surface area contributed by atoms with E-state index in [1.165, 1.54) is 0 Å². The molecule has 1 aromatic rings. The Morgan fingerprint density at radius 2 is 1.33 bits per heavy atom. The summed E-state index contributed by atoms with van der Waals surface area (Å²) in [4.78, 5) is 12.2. The van der Waals surface area contributed by atoms with Crippen LogP contribution in [0.1, 0.15) is 65.7 Å². The molecule has 2 amide bonds. The zero-order valence-electron chi connectivity index (χ0n) is 19.2. The molecular formula is C22H33F5N2O4. The number of hydrogen-bond acceptors (Lipinski definition) is 4. The fraction of sp³-hybridized carbons (Fsp3) is 0.682. The maximum absolute atomic E-state index is 13.8. The second kappa shape index (κ2) is 14.3. The molecule has 0 saturated carbocycles. The first-order valence-electron chi connectivity index (χ1n) is 11.2. The highest BCUT2D eigenvalue weighted by Crippen LogP contribution is 2.28. The van der Waals surface area contributed by atoms with Gasteiger partial charge in [-0.25, -0.2) is 26.7 Å². The topological polar surface area (TPSA) is 79.8 Å². The van der Waals surface area contributed by atoms with Crippen LogP contribution in [0.2, 0.25) is 0 Å². The molecule has 33 heavy (non-hydrogen) atoms. The van der Waals surface area contributed by atoms with E-state index in [0.29, 0.717) is 12.8 Å². The van der Waals surface area contributed by atoms with E-state index in [1.807, 2.05) is 0 Å². The van der Waals surface area contributed by atoms with Gasteiger partial charge in [-0.05, 0) is 20.3 Å². The summed E-state index contributed by atoms with van der Waals surface area (Å²) in [6, 6.07) is -1.22. The van der Waals surface area contributed by atoms with Gasteiger partial charge in [0.25, 0.3) is 5.97 Å². The quantitative estimate of drug-likeness (QED) is 0.0997. The van der Waals surface area contributed by atoms with Crippen molar-refractivity contribution < 1.29 is 41.3 Å². The van der Waals surface area contributed by atoms with E-state index in [-0.39, 0.29) is 19.8 Å². The van der Waals surface area contributed by atoms with Gasteiger partial charge in [-0.15, -0.1) is 0 Å². The number of nitrogens with one attached hydrogen (secondary N) is 2. The summed E-state index contributed by atoms with van der Waals surface area (Å²) in [5.41, 5.74) is -1.47. The Kier molecular flexibility index (Phi) is 12.6. The Labute approximate surface area is 190 Å². The molecule has 6 nitrogen and oxygen atoms in total. The van der Waals surface area contributed by atoms with E-state index in [9.17, 15) is 31.9 Å². The van der Waals surface area contributed by atoms with Crippen LogP contribution in [-0.2, 0) is 9.47 Å². The van der Waals surface area contributed by atoms with E-state index < -0.39 is 52.7 Å². The molecule has 0 heterocycles. The Balaban J connectivity index is 2.87. The SMILES string of the molecule is CCCCCCCCC(CNC(=O)Nc1c(F)c(F)c(F)c(F)c1F)C(O)(OCC)OCC. The summed E-state index contributed by atoms with van der Waals surface area (Å²) in [5, 5.41) is 14.7. The normalized spacial score (nSPS) is 12.6. The molecule has 1 atom stereocenters. The van der Waals surface area contributed by atoms with Gasteiger partial charge in [0.2, 0.25) is 5.82 Å². The van der Waals surface area contributed by atoms with Gasteiger partial charge in [0.05, 0.1) is 5.92 Å². The summed E-state index contributed by atoms with van der Waals surface area (Å²) in [6.45, 7) is 5.38. The first-order valence-corrected chi connectivity index (χ1v) is 11.2. The van der Waals surface area contributed by atoms with Crippen LogP contribution in [0.15, 0.2) is 0 Å². The van der Waals surface area contributed by atoms with Crippen molar-refractivity contribution in [2.45, 2.75) is 71.7 Å². The molecule has 190 valence electrons. The molecule has 0 radical (unpaired) electrons. The van der Waals surface area contributed by atoms with E-state index >= 15 is 0 Å². The highest BCUT2D eigenvalue weighted by atomic mass is 19.2. The molecule has 11 heteroatoms. The lowest BCUT2D eigenvalue weighted by Gasteiger charge is -2.35. The number of carbonyl (C=O) groups is 1. The van der Waals surface area contributed by atoms with E-state index in [2.05, 4.69) is 12.2 Å². The lowest BCUT2D eigenvalue weighted by Crippen LogP contribution is -2.49. The van der Waals surface area contributed by atoms with Crippen molar-refractivity contribution >= 4 is 11.7 Å². The number of ether oxygens (including phenoxy) is 2. The van der Waals surface area contributed by atoms with Gasteiger partial charge in [0.15, 0.2) is 23.3 Å². The maximum atomic E-state index is 13.8. The third-order valence-corrected chi connectivity index (χ3v) is 5.08. The van der Waals surface area contributed by atoms with Gasteiger partial charge in [-0.1, -0.05) is 45.4 Å². The van der Waals surface area contributed by atoms with Crippen LogP contribution in [0.4, 0.5) is 32.4 Å². The van der Waals surface area contributed by atoms with Crippen LogP contribution < -0.4 is 10.6 Å². The van der Waals surface area contributed by atoms with E-state index in [4.69, 9.17) is 9.47 Å². The molecule has 1 aromatic carbocycles. The third-order valence-electron chi connectivity index (χ3n) is 5.08. The largest absolute Gasteiger partial charge is 0.343 e. The van der Waals surface area contributed by atoms with E-state index in [0.717, 1.165) is 32.1 Å². The number of anilines is 1. The molecule has 1 rings (SSSR count). The number of hydrogen-bond donors (Lipinski definition) is 3. The number of urea groups is 1. The maximum Gasteiger partial charge on any atom is 0.319 e. The predicted molar refractivity (Wildman–Crippen MR) is 113 cm³/mol. The van der Waals surface area contributed by atoms with Crippen molar-refractivity contribution in [2.75, 3.05) is 25.1 Å². The van der Waals surface area contributed by atoms with Gasteiger partial charge in [-0.2, -0.15) is 0 Å². The number of benzene rings is 1. The van der Waals surface area contributed by atoms with Gasteiger partial charge < -0.3 is 25.2 Å². The van der Waals surface area contributed by atoms with Crippen molar-refractivity contribution in [2.24, 2.45) is 5.92 Å². The minimum atomic E-state index is -2.33. The highest BCUT2D eigenvalue weighted by molar-refractivity contribution is 5.89. The lowest BCUT2D eigenvalue weighted by atomic mass is 9.97. The van der Waals surface area contributed by atoms with E-state index in [1.54, 1.807) is 19.2 Å². The number of rotatable bonds is 15. The second-order valence-electron chi connectivity index (χ2n) is 7.53. The molecule has 0 bridgehead atoms. The summed E-state index contributed by atoms with van der Waals surface area (Å²) >= 11 is 0. The zero-order valence-corrected chi connectivity index (χ0v) is 19.2. The molecule has 0 fully saturated rings. The van der Waals surface area contributed by atoms with Crippen molar-refractivity contribution in [3.05, 3.63) is 29.1 Å². The second-order valence-corrected chi connectivity index (χ2v) is 7.53. The molecule has 0 spiro atoms. The van der Waals surface area contributed by atoms with Gasteiger partial charge in [0.1, 0.15) is 5.69 Å². The van der Waals surface area contributed by atoms with Crippen LogP contribution in [0.25, 0.3) is 0 Å². The van der Waals surface area contributed by atoms with Crippen molar-refractivity contribution in [3.8, 4) is 0 Å².